The summed E-state index contributed by atoms with van der Waals surface area (Å²) in [5.41, 5.74) is 0. The number of carboxylic acid groups (broad SMARTS) is 1. The van der Waals surface area contributed by atoms with Gasteiger partial charge in [-0.15, -0.1) is 0 Å². The van der Waals surface area contributed by atoms with Gasteiger partial charge in [-0.25, -0.2) is 17.9 Å². The van der Waals surface area contributed by atoms with Crippen molar-refractivity contribution in [3.05, 3.63) is 0 Å². The molecule has 0 spiro atoms. The van der Waals surface area contributed by atoms with E-state index < -0.39 is 27.9 Å². The summed E-state index contributed by atoms with van der Waals surface area (Å²) in [6.07, 6.45) is 0.317. The van der Waals surface area contributed by atoms with Crippen LogP contribution in [0, 0.1) is 5.92 Å². The maximum Gasteiger partial charge on any atom is 0.314 e. The number of nitrogens with one attached hydrogen (secondary N) is 3. The molecular weight excluding hydrogens is 262 g/mol. The van der Waals surface area contributed by atoms with Crippen molar-refractivity contribution in [3.8, 4) is 0 Å². The SMILES string of the molecule is CNS(=O)(=O)CCNC(=O)NCCC(C)C(=O)O. The Kier molecular flexibility index (Phi) is 7.29. The first-order chi connectivity index (χ1) is 8.28. The summed E-state index contributed by atoms with van der Waals surface area (Å²) in [5, 5.41) is 13.4. The van der Waals surface area contributed by atoms with Crippen molar-refractivity contribution in [1.29, 1.82) is 0 Å². The fourth-order valence-corrected chi connectivity index (χ4v) is 1.56. The summed E-state index contributed by atoms with van der Waals surface area (Å²) in [7, 11) is -2.04. The summed E-state index contributed by atoms with van der Waals surface area (Å²) in [4.78, 5) is 21.7. The average molecular weight is 281 g/mol. The van der Waals surface area contributed by atoms with Crippen LogP contribution < -0.4 is 15.4 Å². The van der Waals surface area contributed by atoms with E-state index in [1.54, 1.807) is 6.92 Å². The molecule has 0 aromatic heterocycles. The molecule has 8 nitrogen and oxygen atoms in total. The monoisotopic (exact) mass is 281 g/mol. The fourth-order valence-electron chi connectivity index (χ4n) is 0.989. The van der Waals surface area contributed by atoms with Crippen molar-refractivity contribution in [2.45, 2.75) is 13.3 Å². The molecule has 0 rings (SSSR count). The largest absolute Gasteiger partial charge is 0.481 e. The predicted molar refractivity (Wildman–Crippen MR) is 65.7 cm³/mol. The highest BCUT2D eigenvalue weighted by Gasteiger charge is 2.11. The zero-order chi connectivity index (χ0) is 14.2. The van der Waals surface area contributed by atoms with Crippen LogP contribution >= 0.6 is 0 Å². The van der Waals surface area contributed by atoms with Crippen molar-refractivity contribution in [2.75, 3.05) is 25.9 Å². The van der Waals surface area contributed by atoms with Gasteiger partial charge in [0.15, 0.2) is 0 Å². The summed E-state index contributed by atoms with van der Waals surface area (Å²) in [6, 6.07) is -0.515. The zero-order valence-corrected chi connectivity index (χ0v) is 11.2. The van der Waals surface area contributed by atoms with Crippen LogP contribution in [0.1, 0.15) is 13.3 Å². The number of sulfonamides is 1. The molecule has 0 aliphatic carbocycles. The third kappa shape index (κ3) is 7.85. The van der Waals surface area contributed by atoms with Crippen molar-refractivity contribution in [3.63, 3.8) is 0 Å². The quantitative estimate of drug-likeness (QED) is 0.451. The zero-order valence-electron chi connectivity index (χ0n) is 10.4. The first kappa shape index (κ1) is 16.6. The van der Waals surface area contributed by atoms with Gasteiger partial charge in [0.25, 0.3) is 0 Å². The minimum Gasteiger partial charge on any atom is -0.481 e. The molecule has 0 heterocycles. The minimum absolute atomic E-state index is 0.0104. The normalized spacial score (nSPS) is 12.8. The van der Waals surface area contributed by atoms with Crippen LogP contribution in [0.4, 0.5) is 4.79 Å². The van der Waals surface area contributed by atoms with Gasteiger partial charge in [0.1, 0.15) is 0 Å². The smallest absolute Gasteiger partial charge is 0.314 e. The van der Waals surface area contributed by atoms with Crippen LogP contribution in [0.15, 0.2) is 0 Å². The van der Waals surface area contributed by atoms with Crippen LogP contribution in [0.5, 0.6) is 0 Å². The van der Waals surface area contributed by atoms with E-state index in [1.807, 2.05) is 0 Å². The highest BCUT2D eigenvalue weighted by atomic mass is 32.2. The van der Waals surface area contributed by atoms with E-state index in [0.717, 1.165) is 0 Å². The first-order valence-corrected chi connectivity index (χ1v) is 7.09. The number of carbonyl (C=O) groups excluding carboxylic acids is 1. The number of hydrogen-bond donors (Lipinski definition) is 4. The molecule has 1 unspecified atom stereocenters. The topological polar surface area (TPSA) is 125 Å². The van der Waals surface area contributed by atoms with E-state index in [-0.39, 0.29) is 18.8 Å². The second-order valence-corrected chi connectivity index (χ2v) is 5.78. The van der Waals surface area contributed by atoms with Crippen molar-refractivity contribution in [1.82, 2.24) is 15.4 Å². The summed E-state index contributed by atoms with van der Waals surface area (Å²) >= 11 is 0. The predicted octanol–water partition coefficient (Wildman–Crippen LogP) is -1.05. The average Bonchev–Trinajstić information content (AvgIpc) is 2.28. The standard InChI is InChI=1S/C9H19N3O5S/c1-7(8(13)14)3-4-11-9(15)12-5-6-18(16,17)10-2/h7,10H,3-6H2,1-2H3,(H,13,14)(H2,11,12,15). The number of urea groups is 1. The van der Waals surface area contributed by atoms with E-state index in [9.17, 15) is 18.0 Å². The van der Waals surface area contributed by atoms with Crippen molar-refractivity contribution in [2.24, 2.45) is 5.92 Å². The summed E-state index contributed by atoms with van der Waals surface area (Å²) in [6.45, 7) is 1.75. The van der Waals surface area contributed by atoms with E-state index in [4.69, 9.17) is 5.11 Å². The molecule has 0 aromatic rings. The van der Waals surface area contributed by atoms with Gasteiger partial charge in [0.05, 0.1) is 11.7 Å². The van der Waals surface area contributed by atoms with E-state index in [2.05, 4.69) is 15.4 Å². The molecule has 0 bridgehead atoms. The van der Waals surface area contributed by atoms with Crippen molar-refractivity contribution >= 4 is 22.0 Å². The lowest BCUT2D eigenvalue weighted by atomic mass is 10.1. The number of amides is 2. The molecule has 2 amide bonds. The van der Waals surface area contributed by atoms with E-state index in [0.29, 0.717) is 6.42 Å². The number of carbonyl (C=O) groups is 2. The van der Waals surface area contributed by atoms with Gasteiger partial charge in [-0.05, 0) is 13.5 Å². The van der Waals surface area contributed by atoms with Crippen LogP contribution in [0.3, 0.4) is 0 Å². The number of rotatable bonds is 8. The molecule has 18 heavy (non-hydrogen) atoms. The number of hydrogen-bond acceptors (Lipinski definition) is 4. The van der Waals surface area contributed by atoms with Gasteiger partial charge in [-0.2, -0.15) is 0 Å². The molecule has 0 saturated carbocycles. The molecule has 0 aliphatic rings. The van der Waals surface area contributed by atoms with E-state index in [1.165, 1.54) is 7.05 Å². The molecule has 0 radical (unpaired) electrons. The maximum absolute atomic E-state index is 11.2. The maximum atomic E-state index is 11.2. The Bertz CT molecular complexity index is 382. The highest BCUT2D eigenvalue weighted by molar-refractivity contribution is 7.89. The van der Waals surface area contributed by atoms with Crippen LogP contribution in [0.2, 0.25) is 0 Å². The lowest BCUT2D eigenvalue weighted by Gasteiger charge is -2.09. The van der Waals surface area contributed by atoms with Gasteiger partial charge in [-0.3, -0.25) is 4.79 Å². The molecular formula is C9H19N3O5S. The second-order valence-electron chi connectivity index (χ2n) is 3.73. The van der Waals surface area contributed by atoms with Gasteiger partial charge in [0, 0.05) is 13.1 Å². The molecule has 0 saturated heterocycles. The Balaban J connectivity index is 3.70. The van der Waals surface area contributed by atoms with E-state index >= 15 is 0 Å². The number of carboxylic acids is 1. The fraction of sp³-hybridized carbons (Fsp3) is 0.778. The molecule has 1 atom stereocenters. The Morgan fingerprint density at radius 1 is 1.22 bits per heavy atom. The second kappa shape index (κ2) is 7.88. The summed E-state index contributed by atoms with van der Waals surface area (Å²) < 4.78 is 24.1. The Hall–Kier alpha value is -1.35. The molecule has 9 heteroatoms. The third-order valence-corrected chi connectivity index (χ3v) is 3.62. The van der Waals surface area contributed by atoms with Gasteiger partial charge < -0.3 is 15.7 Å². The third-order valence-electron chi connectivity index (χ3n) is 2.25. The molecule has 0 aromatic carbocycles. The van der Waals surface area contributed by atoms with Gasteiger partial charge in [-0.1, -0.05) is 6.92 Å². The van der Waals surface area contributed by atoms with Gasteiger partial charge in [0.2, 0.25) is 10.0 Å². The number of aliphatic carboxylic acids is 1. The molecule has 106 valence electrons. The van der Waals surface area contributed by atoms with Gasteiger partial charge >= 0.3 is 12.0 Å². The Morgan fingerprint density at radius 3 is 2.28 bits per heavy atom. The molecule has 0 fully saturated rings. The van der Waals surface area contributed by atoms with Crippen LogP contribution in [-0.4, -0.2) is 51.4 Å². The Morgan fingerprint density at radius 2 is 1.78 bits per heavy atom. The minimum atomic E-state index is -3.33. The summed E-state index contributed by atoms with van der Waals surface area (Å²) in [5.74, 6) is -1.66. The van der Waals surface area contributed by atoms with Crippen molar-refractivity contribution < 1.29 is 23.1 Å². The Labute approximate surface area is 106 Å². The van der Waals surface area contributed by atoms with Crippen LogP contribution in [0.25, 0.3) is 0 Å². The lowest BCUT2D eigenvalue weighted by Crippen LogP contribution is -2.40. The van der Waals surface area contributed by atoms with Crippen LogP contribution in [-0.2, 0) is 14.8 Å². The first-order valence-electron chi connectivity index (χ1n) is 5.44. The lowest BCUT2D eigenvalue weighted by molar-refractivity contribution is -0.141. The highest BCUT2D eigenvalue weighted by Crippen LogP contribution is 1.99. The molecule has 0 aliphatic heterocycles. The molecule has 4 N–H and O–H groups in total.